The second-order valence-corrected chi connectivity index (χ2v) is 7.47. The van der Waals surface area contributed by atoms with Crippen molar-refractivity contribution in [3.8, 4) is 0 Å². The van der Waals surface area contributed by atoms with Gasteiger partial charge in [0, 0.05) is 28.9 Å². The molecule has 0 saturated carbocycles. The van der Waals surface area contributed by atoms with Crippen molar-refractivity contribution in [2.75, 3.05) is 0 Å². The second kappa shape index (κ2) is 7.56. The van der Waals surface area contributed by atoms with Gasteiger partial charge in [-0.2, -0.15) is 0 Å². The van der Waals surface area contributed by atoms with E-state index in [1.165, 1.54) is 0 Å². The molecular formula is C18H14Cl4N2O. The Hall–Kier alpha value is -1.23. The van der Waals surface area contributed by atoms with Crippen molar-refractivity contribution >= 4 is 46.4 Å². The average molecular weight is 416 g/mol. The van der Waals surface area contributed by atoms with Crippen LogP contribution in [0.3, 0.4) is 0 Å². The smallest absolute Gasteiger partial charge is 0.112 e. The van der Waals surface area contributed by atoms with E-state index in [9.17, 15) is 5.11 Å². The topological polar surface area (TPSA) is 38.0 Å². The fraction of sp³-hybridized carbons (Fsp3) is 0.167. The molecule has 0 aliphatic carbocycles. The lowest BCUT2D eigenvalue weighted by molar-refractivity contribution is 0.0186. The summed E-state index contributed by atoms with van der Waals surface area (Å²) in [7, 11) is 0. The van der Waals surface area contributed by atoms with Crippen LogP contribution in [0.4, 0.5) is 0 Å². The van der Waals surface area contributed by atoms with Gasteiger partial charge in [-0.3, -0.25) is 0 Å². The van der Waals surface area contributed by atoms with Crippen molar-refractivity contribution in [1.82, 2.24) is 9.55 Å². The van der Waals surface area contributed by atoms with Gasteiger partial charge in [0.15, 0.2) is 0 Å². The summed E-state index contributed by atoms with van der Waals surface area (Å²) in [5.41, 5.74) is 0.160. The first-order valence-corrected chi connectivity index (χ1v) is 8.96. The van der Waals surface area contributed by atoms with E-state index in [4.69, 9.17) is 46.4 Å². The number of aliphatic hydroxyl groups is 1. The molecule has 1 atom stereocenters. The molecule has 0 saturated heterocycles. The zero-order valence-corrected chi connectivity index (χ0v) is 16.0. The van der Waals surface area contributed by atoms with E-state index >= 15 is 0 Å². The number of benzene rings is 2. The molecule has 130 valence electrons. The SMILES string of the molecule is OC(Cc1ccc(Cl)cc1Cl)(Cn1ccnc1)c1ccc(Cl)c(Cl)c1. The van der Waals surface area contributed by atoms with E-state index in [-0.39, 0.29) is 13.0 Å². The normalized spacial score (nSPS) is 13.6. The quantitative estimate of drug-likeness (QED) is 0.586. The highest BCUT2D eigenvalue weighted by atomic mass is 35.5. The van der Waals surface area contributed by atoms with Gasteiger partial charge in [-0.05, 0) is 35.4 Å². The summed E-state index contributed by atoms with van der Waals surface area (Å²) < 4.78 is 1.80. The third-order valence-electron chi connectivity index (χ3n) is 3.96. The maximum atomic E-state index is 11.5. The molecule has 3 rings (SSSR count). The van der Waals surface area contributed by atoms with Gasteiger partial charge in [0.25, 0.3) is 0 Å². The Balaban J connectivity index is 2.02. The first-order chi connectivity index (χ1) is 11.9. The molecule has 0 aliphatic heterocycles. The molecule has 1 unspecified atom stereocenters. The predicted octanol–water partition coefficient (Wildman–Crippen LogP) is 5.63. The Labute approximate surface area is 165 Å². The standard InChI is InChI=1S/C18H14Cl4N2O/c19-14-3-1-12(16(21)8-14)9-18(25,10-24-6-5-23-11-24)13-2-4-15(20)17(22)7-13/h1-8,11,25H,9-10H2. The van der Waals surface area contributed by atoms with Crippen LogP contribution in [-0.2, 0) is 18.6 Å². The Morgan fingerprint density at radius 1 is 0.960 bits per heavy atom. The van der Waals surface area contributed by atoms with Crippen LogP contribution in [0.15, 0.2) is 55.1 Å². The molecule has 3 nitrogen and oxygen atoms in total. The minimum Gasteiger partial charge on any atom is -0.383 e. The van der Waals surface area contributed by atoms with Crippen LogP contribution >= 0.6 is 46.4 Å². The minimum atomic E-state index is -1.26. The maximum Gasteiger partial charge on any atom is 0.112 e. The van der Waals surface area contributed by atoms with Gasteiger partial charge < -0.3 is 9.67 Å². The van der Waals surface area contributed by atoms with Crippen LogP contribution in [0.25, 0.3) is 0 Å². The number of halogens is 4. The molecule has 1 heterocycles. The molecular weight excluding hydrogens is 402 g/mol. The monoisotopic (exact) mass is 414 g/mol. The highest BCUT2D eigenvalue weighted by Crippen LogP contribution is 2.34. The fourth-order valence-electron chi connectivity index (χ4n) is 2.70. The number of aromatic nitrogens is 2. The molecule has 0 bridgehead atoms. The third kappa shape index (κ3) is 4.30. The Morgan fingerprint density at radius 3 is 2.40 bits per heavy atom. The molecule has 0 amide bonds. The maximum absolute atomic E-state index is 11.5. The van der Waals surface area contributed by atoms with Crippen molar-refractivity contribution < 1.29 is 5.11 Å². The summed E-state index contributed by atoms with van der Waals surface area (Å²) in [6.45, 7) is 0.282. The van der Waals surface area contributed by atoms with E-state index < -0.39 is 5.60 Å². The van der Waals surface area contributed by atoms with Crippen molar-refractivity contribution in [2.24, 2.45) is 0 Å². The van der Waals surface area contributed by atoms with Crippen LogP contribution in [0.1, 0.15) is 11.1 Å². The Morgan fingerprint density at radius 2 is 1.76 bits per heavy atom. The van der Waals surface area contributed by atoms with Gasteiger partial charge in [-0.25, -0.2) is 4.98 Å². The van der Waals surface area contributed by atoms with Crippen LogP contribution in [0, 0.1) is 0 Å². The molecule has 1 N–H and O–H groups in total. The largest absolute Gasteiger partial charge is 0.383 e. The lowest BCUT2D eigenvalue weighted by Gasteiger charge is -2.30. The zero-order chi connectivity index (χ0) is 18.0. The van der Waals surface area contributed by atoms with E-state index in [0.717, 1.165) is 5.56 Å². The van der Waals surface area contributed by atoms with Gasteiger partial charge in [-0.1, -0.05) is 58.5 Å². The van der Waals surface area contributed by atoms with Crippen molar-refractivity contribution in [3.63, 3.8) is 0 Å². The average Bonchev–Trinajstić information content (AvgIpc) is 3.05. The van der Waals surface area contributed by atoms with Crippen molar-refractivity contribution in [3.05, 3.63) is 86.3 Å². The van der Waals surface area contributed by atoms with Gasteiger partial charge in [-0.15, -0.1) is 0 Å². The van der Waals surface area contributed by atoms with Gasteiger partial charge >= 0.3 is 0 Å². The summed E-state index contributed by atoms with van der Waals surface area (Å²) in [5.74, 6) is 0. The van der Waals surface area contributed by atoms with Crippen LogP contribution < -0.4 is 0 Å². The second-order valence-electron chi connectivity index (χ2n) is 5.81. The zero-order valence-electron chi connectivity index (χ0n) is 13.0. The molecule has 1 aromatic heterocycles. The molecule has 2 aromatic carbocycles. The fourth-order valence-corrected chi connectivity index (χ4v) is 3.47. The molecule has 0 radical (unpaired) electrons. The highest BCUT2D eigenvalue weighted by molar-refractivity contribution is 6.42. The predicted molar refractivity (Wildman–Crippen MR) is 103 cm³/mol. The van der Waals surface area contributed by atoms with E-state index in [1.54, 1.807) is 59.7 Å². The summed E-state index contributed by atoms with van der Waals surface area (Å²) in [5, 5.41) is 13.3. The lowest BCUT2D eigenvalue weighted by Crippen LogP contribution is -2.33. The number of hydrogen-bond acceptors (Lipinski definition) is 2. The number of hydrogen-bond donors (Lipinski definition) is 1. The molecule has 25 heavy (non-hydrogen) atoms. The first kappa shape index (κ1) is 18.6. The van der Waals surface area contributed by atoms with Crippen LogP contribution in [0.5, 0.6) is 0 Å². The van der Waals surface area contributed by atoms with Gasteiger partial charge in [0.2, 0.25) is 0 Å². The van der Waals surface area contributed by atoms with E-state index in [2.05, 4.69) is 4.98 Å². The summed E-state index contributed by atoms with van der Waals surface area (Å²) >= 11 is 24.4. The summed E-state index contributed by atoms with van der Waals surface area (Å²) in [6.07, 6.45) is 5.36. The Bertz CT molecular complexity index is 883. The number of imidazole rings is 1. The van der Waals surface area contributed by atoms with Crippen molar-refractivity contribution in [1.29, 1.82) is 0 Å². The number of rotatable bonds is 5. The van der Waals surface area contributed by atoms with E-state index in [1.807, 2.05) is 0 Å². The number of nitrogens with zero attached hydrogens (tertiary/aromatic N) is 2. The Kier molecular flexibility index (Phi) is 5.62. The van der Waals surface area contributed by atoms with Gasteiger partial charge in [0.1, 0.15) is 5.60 Å². The highest BCUT2D eigenvalue weighted by Gasteiger charge is 2.31. The molecule has 0 aliphatic rings. The summed E-state index contributed by atoms with van der Waals surface area (Å²) in [4.78, 5) is 4.03. The summed E-state index contributed by atoms with van der Waals surface area (Å²) in [6, 6.07) is 10.3. The van der Waals surface area contributed by atoms with Gasteiger partial charge in [0.05, 0.1) is 22.9 Å². The van der Waals surface area contributed by atoms with E-state index in [0.29, 0.717) is 25.7 Å². The molecule has 0 fully saturated rings. The third-order valence-corrected chi connectivity index (χ3v) is 5.28. The lowest BCUT2D eigenvalue weighted by atomic mass is 9.87. The molecule has 3 aromatic rings. The van der Waals surface area contributed by atoms with Crippen LogP contribution in [-0.4, -0.2) is 14.7 Å². The minimum absolute atomic E-state index is 0.277. The van der Waals surface area contributed by atoms with Crippen LogP contribution in [0.2, 0.25) is 20.1 Å². The molecule has 0 spiro atoms. The van der Waals surface area contributed by atoms with Crippen molar-refractivity contribution in [2.45, 2.75) is 18.6 Å². The first-order valence-electron chi connectivity index (χ1n) is 7.45. The molecule has 7 heteroatoms.